The molecule has 6 nitrogen and oxygen atoms in total. The van der Waals surface area contributed by atoms with Gasteiger partial charge in [0.05, 0.1) is 12.3 Å². The molecule has 1 aromatic rings. The summed E-state index contributed by atoms with van der Waals surface area (Å²) in [5.41, 5.74) is 0.949. The highest BCUT2D eigenvalue weighted by atomic mass is 35.5. The summed E-state index contributed by atoms with van der Waals surface area (Å²) in [6, 6.07) is 3.60. The van der Waals surface area contributed by atoms with Gasteiger partial charge in [0, 0.05) is 25.0 Å². The Kier molecular flexibility index (Phi) is 7.61. The van der Waals surface area contributed by atoms with E-state index in [1.54, 1.807) is 12.3 Å². The van der Waals surface area contributed by atoms with Crippen molar-refractivity contribution in [2.75, 3.05) is 18.6 Å². The number of rotatable bonds is 7. The Morgan fingerprint density at radius 2 is 2.18 bits per heavy atom. The Hall–Kier alpha value is -1.34. The minimum Gasteiger partial charge on any atom is -0.357 e. The first-order chi connectivity index (χ1) is 10.3. The third-order valence-corrected chi connectivity index (χ3v) is 4.06. The summed E-state index contributed by atoms with van der Waals surface area (Å²) < 4.78 is 22.4. The predicted octanol–water partition coefficient (Wildman–Crippen LogP) is 1.61. The van der Waals surface area contributed by atoms with Crippen LogP contribution < -0.4 is 10.6 Å². The Labute approximate surface area is 137 Å². The first kappa shape index (κ1) is 18.7. The van der Waals surface area contributed by atoms with E-state index in [1.165, 1.54) is 6.26 Å². The van der Waals surface area contributed by atoms with Crippen molar-refractivity contribution in [2.45, 2.75) is 32.9 Å². The van der Waals surface area contributed by atoms with Gasteiger partial charge in [0.2, 0.25) is 0 Å². The van der Waals surface area contributed by atoms with Crippen molar-refractivity contribution >= 4 is 27.4 Å². The summed E-state index contributed by atoms with van der Waals surface area (Å²) in [5, 5.41) is 6.79. The lowest BCUT2D eigenvalue weighted by Gasteiger charge is -2.17. The Balaban J connectivity index is 2.59. The van der Waals surface area contributed by atoms with Gasteiger partial charge < -0.3 is 10.6 Å². The molecular formula is C14H23ClN4O2S. The molecule has 0 saturated carbocycles. The molecule has 22 heavy (non-hydrogen) atoms. The second-order valence-electron chi connectivity index (χ2n) is 5.15. The Bertz CT molecular complexity index is 587. The number of hydrogen-bond acceptors (Lipinski definition) is 4. The maximum atomic E-state index is 11.2. The average Bonchev–Trinajstić information content (AvgIpc) is 2.44. The highest BCUT2D eigenvalue weighted by Crippen LogP contribution is 2.06. The third-order valence-electron chi connectivity index (χ3n) is 2.86. The number of aliphatic imine (C=N–C) groups is 1. The van der Waals surface area contributed by atoms with Gasteiger partial charge in [0.25, 0.3) is 0 Å². The SMILES string of the molecule is CCNC(=NCc1ccc(Cl)nc1)NC(C)CCS(C)(=O)=O. The van der Waals surface area contributed by atoms with Crippen LogP contribution in [-0.2, 0) is 16.4 Å². The zero-order chi connectivity index (χ0) is 16.6. The second-order valence-corrected chi connectivity index (χ2v) is 7.80. The van der Waals surface area contributed by atoms with Crippen LogP contribution in [0.1, 0.15) is 25.8 Å². The van der Waals surface area contributed by atoms with Gasteiger partial charge in [0.15, 0.2) is 5.96 Å². The van der Waals surface area contributed by atoms with E-state index in [1.807, 2.05) is 19.9 Å². The van der Waals surface area contributed by atoms with Gasteiger partial charge in [-0.2, -0.15) is 0 Å². The van der Waals surface area contributed by atoms with Gasteiger partial charge in [0.1, 0.15) is 15.0 Å². The molecule has 0 amide bonds. The van der Waals surface area contributed by atoms with Gasteiger partial charge in [-0.1, -0.05) is 17.7 Å². The molecule has 0 aliphatic carbocycles. The summed E-state index contributed by atoms with van der Waals surface area (Å²) in [5.74, 6) is 0.806. The first-order valence-corrected chi connectivity index (χ1v) is 9.57. The third kappa shape index (κ3) is 8.19. The normalized spacial score (nSPS) is 13.7. The lowest BCUT2D eigenvalue weighted by Crippen LogP contribution is -2.42. The smallest absolute Gasteiger partial charge is 0.191 e. The summed E-state index contributed by atoms with van der Waals surface area (Å²) in [6.07, 6.45) is 3.46. The molecule has 1 rings (SSSR count). The van der Waals surface area contributed by atoms with Crippen LogP contribution in [0.25, 0.3) is 0 Å². The standard InChI is InChI=1S/C14H23ClN4O2S/c1-4-16-14(19-11(2)7-8-22(3,20)21)18-10-12-5-6-13(15)17-9-12/h5-6,9,11H,4,7-8,10H2,1-3H3,(H2,16,18,19). The second kappa shape index (κ2) is 8.95. The van der Waals surface area contributed by atoms with Crippen molar-refractivity contribution < 1.29 is 8.42 Å². The molecule has 2 N–H and O–H groups in total. The Morgan fingerprint density at radius 1 is 1.45 bits per heavy atom. The van der Waals surface area contributed by atoms with Crippen LogP contribution in [0, 0.1) is 0 Å². The number of halogens is 1. The minimum atomic E-state index is -2.95. The van der Waals surface area contributed by atoms with Crippen molar-refractivity contribution in [3.05, 3.63) is 29.0 Å². The van der Waals surface area contributed by atoms with Crippen molar-refractivity contribution in [1.82, 2.24) is 15.6 Å². The molecule has 1 unspecified atom stereocenters. The van der Waals surface area contributed by atoms with Crippen molar-refractivity contribution in [3.63, 3.8) is 0 Å². The van der Waals surface area contributed by atoms with E-state index in [2.05, 4.69) is 20.6 Å². The molecule has 1 atom stereocenters. The average molecular weight is 347 g/mol. The van der Waals surface area contributed by atoms with Crippen molar-refractivity contribution in [2.24, 2.45) is 4.99 Å². The quantitative estimate of drug-likeness (QED) is 0.445. The maximum Gasteiger partial charge on any atom is 0.191 e. The summed E-state index contributed by atoms with van der Waals surface area (Å²) in [7, 11) is -2.95. The summed E-state index contributed by atoms with van der Waals surface area (Å²) in [4.78, 5) is 8.47. The fraction of sp³-hybridized carbons (Fsp3) is 0.571. The number of sulfone groups is 1. The lowest BCUT2D eigenvalue weighted by atomic mass is 10.2. The number of nitrogens with zero attached hydrogens (tertiary/aromatic N) is 2. The van der Waals surface area contributed by atoms with E-state index in [0.717, 1.165) is 12.1 Å². The summed E-state index contributed by atoms with van der Waals surface area (Å²) in [6.45, 7) is 5.10. The zero-order valence-corrected chi connectivity index (χ0v) is 14.7. The van der Waals surface area contributed by atoms with Gasteiger partial charge >= 0.3 is 0 Å². The monoisotopic (exact) mass is 346 g/mol. The molecule has 1 aromatic heterocycles. The van der Waals surface area contributed by atoms with Gasteiger partial charge in [-0.3, -0.25) is 0 Å². The van der Waals surface area contributed by atoms with E-state index >= 15 is 0 Å². The molecule has 1 heterocycles. The van der Waals surface area contributed by atoms with Gasteiger partial charge in [-0.15, -0.1) is 0 Å². The largest absolute Gasteiger partial charge is 0.357 e. The minimum absolute atomic E-state index is 0.0101. The molecule has 0 bridgehead atoms. The number of guanidine groups is 1. The highest BCUT2D eigenvalue weighted by Gasteiger charge is 2.09. The first-order valence-electron chi connectivity index (χ1n) is 7.13. The van der Waals surface area contributed by atoms with Crippen molar-refractivity contribution in [3.8, 4) is 0 Å². The van der Waals surface area contributed by atoms with Crippen LogP contribution in [0.3, 0.4) is 0 Å². The van der Waals surface area contributed by atoms with E-state index in [4.69, 9.17) is 11.6 Å². The van der Waals surface area contributed by atoms with E-state index < -0.39 is 9.84 Å². The predicted molar refractivity (Wildman–Crippen MR) is 91.0 cm³/mol. The zero-order valence-electron chi connectivity index (χ0n) is 13.1. The molecule has 8 heteroatoms. The molecule has 0 aliphatic heterocycles. The fourth-order valence-corrected chi connectivity index (χ4v) is 2.58. The molecule has 0 aromatic carbocycles. The van der Waals surface area contributed by atoms with E-state index in [0.29, 0.717) is 24.1 Å². The van der Waals surface area contributed by atoms with Crippen LogP contribution in [0.15, 0.2) is 23.3 Å². The molecule has 124 valence electrons. The maximum absolute atomic E-state index is 11.2. The number of hydrogen-bond donors (Lipinski definition) is 2. The number of pyridine rings is 1. The van der Waals surface area contributed by atoms with Crippen LogP contribution in [0.2, 0.25) is 5.15 Å². The highest BCUT2D eigenvalue weighted by molar-refractivity contribution is 7.90. The van der Waals surface area contributed by atoms with Crippen LogP contribution in [-0.4, -0.2) is 44.0 Å². The molecular weight excluding hydrogens is 324 g/mol. The van der Waals surface area contributed by atoms with E-state index in [9.17, 15) is 8.42 Å². The Morgan fingerprint density at radius 3 is 2.73 bits per heavy atom. The number of aromatic nitrogens is 1. The topological polar surface area (TPSA) is 83.4 Å². The van der Waals surface area contributed by atoms with Gasteiger partial charge in [-0.05, 0) is 31.9 Å². The fourth-order valence-electron chi connectivity index (χ4n) is 1.69. The molecule has 0 radical (unpaired) electrons. The van der Waals surface area contributed by atoms with Crippen LogP contribution in [0.5, 0.6) is 0 Å². The van der Waals surface area contributed by atoms with Crippen LogP contribution in [0.4, 0.5) is 0 Å². The van der Waals surface area contributed by atoms with Crippen molar-refractivity contribution in [1.29, 1.82) is 0 Å². The van der Waals surface area contributed by atoms with Crippen LogP contribution >= 0.6 is 11.6 Å². The summed E-state index contributed by atoms with van der Waals surface area (Å²) >= 11 is 5.74. The molecule has 0 spiro atoms. The molecule has 0 fully saturated rings. The molecule has 0 saturated heterocycles. The van der Waals surface area contributed by atoms with Gasteiger partial charge in [-0.25, -0.2) is 18.4 Å². The van der Waals surface area contributed by atoms with E-state index in [-0.39, 0.29) is 11.8 Å². The molecule has 0 aliphatic rings. The number of nitrogens with one attached hydrogen (secondary N) is 2. The lowest BCUT2D eigenvalue weighted by molar-refractivity contribution is 0.581.